The number of carbonyl (C=O) groups excluding carboxylic acids is 1. The van der Waals surface area contributed by atoms with Gasteiger partial charge in [0.05, 0.1) is 0 Å². The summed E-state index contributed by atoms with van der Waals surface area (Å²) >= 11 is 0. The topological polar surface area (TPSA) is 17.1 Å². The van der Waals surface area contributed by atoms with Gasteiger partial charge >= 0.3 is 0 Å². The van der Waals surface area contributed by atoms with Gasteiger partial charge in [0, 0.05) is 6.42 Å². The van der Waals surface area contributed by atoms with E-state index in [1.54, 1.807) is 0 Å². The van der Waals surface area contributed by atoms with Gasteiger partial charge in [-0.1, -0.05) is 26.7 Å². The summed E-state index contributed by atoms with van der Waals surface area (Å²) in [6.07, 6.45) is 17.9. The second-order valence-electron chi connectivity index (χ2n) is 9.97. The predicted octanol–water partition coefficient (Wildman–Crippen LogP) is 6.01. The molecule has 4 fully saturated rings. The van der Waals surface area contributed by atoms with Gasteiger partial charge in [0.1, 0.15) is 6.29 Å². The number of rotatable bonds is 3. The fourth-order valence-corrected chi connectivity index (χ4v) is 8.15. The first kappa shape index (κ1) is 16.2. The smallest absolute Gasteiger partial charge is 0.120 e. The van der Waals surface area contributed by atoms with E-state index in [2.05, 4.69) is 13.8 Å². The minimum absolute atomic E-state index is 0.558. The Morgan fingerprint density at radius 2 is 1.70 bits per heavy atom. The third kappa shape index (κ3) is 2.35. The molecule has 4 aliphatic carbocycles. The molecule has 7 unspecified atom stereocenters. The summed E-state index contributed by atoms with van der Waals surface area (Å²) in [7, 11) is 0. The van der Waals surface area contributed by atoms with Gasteiger partial charge in [-0.15, -0.1) is 0 Å². The molecular weight excluding hydrogens is 280 g/mol. The van der Waals surface area contributed by atoms with Crippen LogP contribution in [0.25, 0.3) is 0 Å². The van der Waals surface area contributed by atoms with E-state index in [1.165, 1.54) is 64.2 Å². The quantitative estimate of drug-likeness (QED) is 0.582. The molecule has 0 aromatic carbocycles. The first-order valence-corrected chi connectivity index (χ1v) is 10.5. The number of aldehydes is 1. The molecule has 4 rings (SSSR count). The molecule has 0 heterocycles. The van der Waals surface area contributed by atoms with Crippen molar-refractivity contribution in [1.82, 2.24) is 0 Å². The van der Waals surface area contributed by atoms with Gasteiger partial charge in [-0.2, -0.15) is 0 Å². The van der Waals surface area contributed by atoms with Crippen molar-refractivity contribution in [1.29, 1.82) is 0 Å². The SMILES string of the molecule is CC12CCCCC1CCC1C2CCC2(C)C(CCC=O)CCC12. The average Bonchev–Trinajstić information content (AvgIpc) is 2.89. The minimum atomic E-state index is 0.558. The Kier molecular flexibility index (Phi) is 4.13. The lowest BCUT2D eigenvalue weighted by molar-refractivity contribution is -0.113. The van der Waals surface area contributed by atoms with E-state index >= 15 is 0 Å². The third-order valence-corrected chi connectivity index (χ3v) is 9.41. The summed E-state index contributed by atoms with van der Waals surface area (Å²) in [4.78, 5) is 10.9. The van der Waals surface area contributed by atoms with Crippen LogP contribution in [0.15, 0.2) is 0 Å². The summed E-state index contributed by atoms with van der Waals surface area (Å²) in [5.41, 5.74) is 1.23. The fraction of sp³-hybridized carbons (Fsp3) is 0.955. The maximum absolute atomic E-state index is 10.9. The molecule has 0 aromatic heterocycles. The van der Waals surface area contributed by atoms with Crippen molar-refractivity contribution in [3.63, 3.8) is 0 Å². The van der Waals surface area contributed by atoms with Gasteiger partial charge in [0.2, 0.25) is 0 Å². The van der Waals surface area contributed by atoms with Crippen LogP contribution in [-0.4, -0.2) is 6.29 Å². The molecule has 0 radical (unpaired) electrons. The molecule has 130 valence electrons. The number of hydrogen-bond acceptors (Lipinski definition) is 1. The zero-order chi connectivity index (χ0) is 16.1. The van der Waals surface area contributed by atoms with Crippen molar-refractivity contribution in [2.75, 3.05) is 0 Å². The maximum atomic E-state index is 10.9. The summed E-state index contributed by atoms with van der Waals surface area (Å²) in [6, 6.07) is 0. The third-order valence-electron chi connectivity index (χ3n) is 9.41. The van der Waals surface area contributed by atoms with Crippen LogP contribution in [0.1, 0.15) is 90.9 Å². The van der Waals surface area contributed by atoms with Crippen molar-refractivity contribution in [3.05, 3.63) is 0 Å². The lowest BCUT2D eigenvalue weighted by Crippen LogP contribution is -2.52. The second kappa shape index (κ2) is 5.88. The lowest BCUT2D eigenvalue weighted by atomic mass is 9.45. The fourth-order valence-electron chi connectivity index (χ4n) is 8.15. The van der Waals surface area contributed by atoms with Gasteiger partial charge in [0.25, 0.3) is 0 Å². The van der Waals surface area contributed by atoms with Crippen LogP contribution in [0.3, 0.4) is 0 Å². The van der Waals surface area contributed by atoms with Crippen molar-refractivity contribution in [3.8, 4) is 0 Å². The second-order valence-corrected chi connectivity index (χ2v) is 9.97. The Labute approximate surface area is 143 Å². The van der Waals surface area contributed by atoms with Crippen LogP contribution in [0, 0.1) is 40.4 Å². The maximum Gasteiger partial charge on any atom is 0.120 e. The number of carbonyl (C=O) groups is 1. The first-order chi connectivity index (χ1) is 11.1. The van der Waals surface area contributed by atoms with E-state index in [4.69, 9.17) is 0 Å². The van der Waals surface area contributed by atoms with E-state index < -0.39 is 0 Å². The van der Waals surface area contributed by atoms with E-state index in [1.807, 2.05) is 0 Å². The summed E-state index contributed by atoms with van der Waals surface area (Å²) < 4.78 is 0. The van der Waals surface area contributed by atoms with Crippen molar-refractivity contribution in [2.45, 2.75) is 90.9 Å². The van der Waals surface area contributed by atoms with Crippen LogP contribution >= 0.6 is 0 Å². The van der Waals surface area contributed by atoms with Crippen molar-refractivity contribution < 1.29 is 4.79 Å². The van der Waals surface area contributed by atoms with Gasteiger partial charge in [-0.05, 0) is 98.2 Å². The molecule has 0 N–H and O–H groups in total. The Hall–Kier alpha value is -0.330. The number of hydrogen-bond donors (Lipinski definition) is 0. The minimum Gasteiger partial charge on any atom is -0.303 e. The molecule has 4 aliphatic rings. The van der Waals surface area contributed by atoms with E-state index in [-0.39, 0.29) is 0 Å². The molecule has 0 bridgehead atoms. The largest absolute Gasteiger partial charge is 0.303 e. The van der Waals surface area contributed by atoms with Crippen LogP contribution in [0.2, 0.25) is 0 Å². The van der Waals surface area contributed by atoms with Crippen LogP contribution in [0.5, 0.6) is 0 Å². The lowest BCUT2D eigenvalue weighted by Gasteiger charge is -2.60. The Morgan fingerprint density at radius 1 is 0.870 bits per heavy atom. The van der Waals surface area contributed by atoms with Crippen LogP contribution in [0.4, 0.5) is 0 Å². The van der Waals surface area contributed by atoms with Gasteiger partial charge < -0.3 is 4.79 Å². The molecular formula is C22H36O. The van der Waals surface area contributed by atoms with E-state index in [0.717, 1.165) is 48.7 Å². The predicted molar refractivity (Wildman–Crippen MR) is 95.1 cm³/mol. The van der Waals surface area contributed by atoms with Gasteiger partial charge in [0.15, 0.2) is 0 Å². The van der Waals surface area contributed by atoms with Gasteiger partial charge in [-0.3, -0.25) is 0 Å². The van der Waals surface area contributed by atoms with Crippen LogP contribution in [-0.2, 0) is 4.79 Å². The molecule has 7 atom stereocenters. The van der Waals surface area contributed by atoms with Crippen molar-refractivity contribution in [2.24, 2.45) is 40.4 Å². The average molecular weight is 317 g/mol. The molecule has 0 amide bonds. The molecule has 0 spiro atoms. The highest BCUT2D eigenvalue weighted by atomic mass is 16.1. The monoisotopic (exact) mass is 316 g/mol. The molecule has 4 saturated carbocycles. The molecule has 0 saturated heterocycles. The standard InChI is InChI=1S/C22H36O/c1-21-13-4-3-6-16(21)8-10-18-19-11-9-17(7-5-15-23)22(19,2)14-12-20(18)21/h15-20H,3-14H2,1-2H3. The highest BCUT2D eigenvalue weighted by Crippen LogP contribution is 2.67. The Morgan fingerprint density at radius 3 is 2.52 bits per heavy atom. The van der Waals surface area contributed by atoms with Crippen LogP contribution < -0.4 is 0 Å². The Bertz CT molecular complexity index is 457. The molecule has 23 heavy (non-hydrogen) atoms. The highest BCUT2D eigenvalue weighted by Gasteiger charge is 2.59. The van der Waals surface area contributed by atoms with E-state index in [9.17, 15) is 4.79 Å². The summed E-state index contributed by atoms with van der Waals surface area (Å²) in [6.45, 7) is 5.28. The first-order valence-electron chi connectivity index (χ1n) is 10.5. The summed E-state index contributed by atoms with van der Waals surface area (Å²) in [5, 5.41) is 0. The van der Waals surface area contributed by atoms with Gasteiger partial charge in [-0.25, -0.2) is 0 Å². The normalized spacial score (nSPS) is 52.3. The molecule has 1 heteroatoms. The molecule has 0 aromatic rings. The number of fused-ring (bicyclic) bond motifs is 5. The summed E-state index contributed by atoms with van der Waals surface area (Å²) in [5.74, 6) is 4.86. The zero-order valence-electron chi connectivity index (χ0n) is 15.4. The van der Waals surface area contributed by atoms with Crippen molar-refractivity contribution >= 4 is 6.29 Å². The Balaban J connectivity index is 1.56. The van der Waals surface area contributed by atoms with E-state index in [0.29, 0.717) is 10.8 Å². The highest BCUT2D eigenvalue weighted by molar-refractivity contribution is 5.49. The zero-order valence-corrected chi connectivity index (χ0v) is 15.4. The molecule has 0 aliphatic heterocycles. The molecule has 1 nitrogen and oxygen atoms in total.